The smallest absolute Gasteiger partial charge is 0.0408 e. The van der Waals surface area contributed by atoms with E-state index in [0.29, 0.717) is 5.92 Å². The Kier molecular flexibility index (Phi) is 4.98. The van der Waals surface area contributed by atoms with Gasteiger partial charge in [-0.2, -0.15) is 0 Å². The standard InChI is InChI=1S/C17H25ClN2/c18-16-7-3-6-15(12-16)17(14-4-1-2-5-14)13-20-10-8-19-9-11-20/h3,6-7,12,14,17,19H,1-2,4-5,8-11,13H2. The van der Waals surface area contributed by atoms with Crippen LogP contribution in [0, 0.1) is 5.92 Å². The Morgan fingerprint density at radius 2 is 1.95 bits per heavy atom. The van der Waals surface area contributed by atoms with Gasteiger partial charge in [-0.25, -0.2) is 0 Å². The zero-order valence-electron chi connectivity index (χ0n) is 12.2. The summed E-state index contributed by atoms with van der Waals surface area (Å²) < 4.78 is 0. The van der Waals surface area contributed by atoms with Crippen molar-refractivity contribution >= 4 is 11.6 Å². The van der Waals surface area contributed by atoms with Crippen molar-refractivity contribution in [2.75, 3.05) is 32.7 Å². The van der Waals surface area contributed by atoms with E-state index in [1.54, 1.807) is 0 Å². The van der Waals surface area contributed by atoms with Gasteiger partial charge < -0.3 is 10.2 Å². The van der Waals surface area contributed by atoms with Crippen molar-refractivity contribution in [1.29, 1.82) is 0 Å². The number of rotatable bonds is 4. The third kappa shape index (κ3) is 3.55. The zero-order valence-corrected chi connectivity index (χ0v) is 12.9. The average molecular weight is 293 g/mol. The summed E-state index contributed by atoms with van der Waals surface area (Å²) in [5.41, 5.74) is 1.45. The molecule has 1 aromatic rings. The Morgan fingerprint density at radius 3 is 2.65 bits per heavy atom. The lowest BCUT2D eigenvalue weighted by Gasteiger charge is -2.33. The summed E-state index contributed by atoms with van der Waals surface area (Å²) in [7, 11) is 0. The molecule has 2 nitrogen and oxygen atoms in total. The largest absolute Gasteiger partial charge is 0.314 e. The molecular formula is C17H25ClN2. The van der Waals surface area contributed by atoms with E-state index >= 15 is 0 Å². The Morgan fingerprint density at radius 1 is 1.20 bits per heavy atom. The Hall–Kier alpha value is -0.570. The van der Waals surface area contributed by atoms with Crippen molar-refractivity contribution in [3.63, 3.8) is 0 Å². The maximum absolute atomic E-state index is 6.21. The van der Waals surface area contributed by atoms with Gasteiger partial charge in [0.05, 0.1) is 0 Å². The summed E-state index contributed by atoms with van der Waals surface area (Å²) in [5.74, 6) is 1.51. The fraction of sp³-hybridized carbons (Fsp3) is 0.647. The first-order valence-corrected chi connectivity index (χ1v) is 8.39. The highest BCUT2D eigenvalue weighted by molar-refractivity contribution is 6.30. The number of hydrogen-bond acceptors (Lipinski definition) is 2. The summed E-state index contributed by atoms with van der Waals surface area (Å²) in [6, 6.07) is 8.56. The van der Waals surface area contributed by atoms with Crippen LogP contribution in [0.25, 0.3) is 0 Å². The van der Waals surface area contributed by atoms with Gasteiger partial charge in [0.2, 0.25) is 0 Å². The fourth-order valence-corrected chi connectivity index (χ4v) is 3.99. The minimum absolute atomic E-state index is 0.661. The molecule has 1 aliphatic carbocycles. The van der Waals surface area contributed by atoms with Crippen molar-refractivity contribution in [3.05, 3.63) is 34.9 Å². The molecule has 0 radical (unpaired) electrons. The third-order valence-electron chi connectivity index (χ3n) is 4.91. The van der Waals surface area contributed by atoms with E-state index in [2.05, 4.69) is 28.4 Å². The van der Waals surface area contributed by atoms with E-state index < -0.39 is 0 Å². The van der Waals surface area contributed by atoms with Gasteiger partial charge in [0.15, 0.2) is 0 Å². The second-order valence-electron chi connectivity index (χ2n) is 6.26. The molecule has 1 unspecified atom stereocenters. The molecule has 3 heteroatoms. The number of piperazine rings is 1. The van der Waals surface area contributed by atoms with E-state index in [1.807, 2.05) is 6.07 Å². The van der Waals surface area contributed by atoms with Crippen LogP contribution in [0.1, 0.15) is 37.2 Å². The molecule has 3 rings (SSSR count). The molecule has 0 spiro atoms. The van der Waals surface area contributed by atoms with Crippen LogP contribution in [0.3, 0.4) is 0 Å². The molecule has 1 aliphatic heterocycles. The van der Waals surface area contributed by atoms with Crippen molar-refractivity contribution in [2.24, 2.45) is 5.92 Å². The van der Waals surface area contributed by atoms with E-state index in [-0.39, 0.29) is 0 Å². The van der Waals surface area contributed by atoms with Crippen LogP contribution < -0.4 is 5.32 Å². The zero-order chi connectivity index (χ0) is 13.8. The molecule has 0 aromatic heterocycles. The highest BCUT2D eigenvalue weighted by Gasteiger charge is 2.28. The summed E-state index contributed by atoms with van der Waals surface area (Å²) in [6.07, 6.45) is 5.60. The Balaban J connectivity index is 1.75. The van der Waals surface area contributed by atoms with Gasteiger partial charge in [0.1, 0.15) is 0 Å². The van der Waals surface area contributed by atoms with Gasteiger partial charge in [0, 0.05) is 37.7 Å². The second-order valence-corrected chi connectivity index (χ2v) is 6.69. The molecule has 1 N–H and O–H groups in total. The lowest BCUT2D eigenvalue weighted by molar-refractivity contribution is 0.205. The van der Waals surface area contributed by atoms with Gasteiger partial charge in [0.25, 0.3) is 0 Å². The van der Waals surface area contributed by atoms with Crippen LogP contribution in [-0.4, -0.2) is 37.6 Å². The van der Waals surface area contributed by atoms with E-state index in [9.17, 15) is 0 Å². The molecule has 20 heavy (non-hydrogen) atoms. The average Bonchev–Trinajstić information content (AvgIpc) is 3.00. The van der Waals surface area contributed by atoms with E-state index in [4.69, 9.17) is 11.6 Å². The minimum atomic E-state index is 0.661. The van der Waals surface area contributed by atoms with Gasteiger partial charge in [-0.1, -0.05) is 36.6 Å². The molecule has 1 saturated carbocycles. The third-order valence-corrected chi connectivity index (χ3v) is 5.15. The topological polar surface area (TPSA) is 15.3 Å². The molecule has 0 amide bonds. The lowest BCUT2D eigenvalue weighted by Crippen LogP contribution is -2.45. The predicted octanol–water partition coefficient (Wildman–Crippen LogP) is 3.52. The van der Waals surface area contributed by atoms with Crippen molar-refractivity contribution in [2.45, 2.75) is 31.6 Å². The lowest BCUT2D eigenvalue weighted by atomic mass is 9.84. The number of benzene rings is 1. The highest BCUT2D eigenvalue weighted by atomic mass is 35.5. The molecule has 0 bridgehead atoms. The van der Waals surface area contributed by atoms with E-state index in [0.717, 1.165) is 24.0 Å². The summed E-state index contributed by atoms with van der Waals surface area (Å²) in [4.78, 5) is 2.63. The Bertz CT molecular complexity index is 423. The number of nitrogens with one attached hydrogen (secondary N) is 1. The minimum Gasteiger partial charge on any atom is -0.314 e. The van der Waals surface area contributed by atoms with Crippen molar-refractivity contribution in [1.82, 2.24) is 10.2 Å². The van der Waals surface area contributed by atoms with Crippen LogP contribution in [0.5, 0.6) is 0 Å². The molecule has 1 saturated heterocycles. The molecule has 2 fully saturated rings. The maximum Gasteiger partial charge on any atom is 0.0408 e. The highest BCUT2D eigenvalue weighted by Crippen LogP contribution is 2.38. The first-order valence-electron chi connectivity index (χ1n) is 8.01. The first kappa shape index (κ1) is 14.4. The Labute approximate surface area is 127 Å². The molecule has 1 aromatic carbocycles. The maximum atomic E-state index is 6.21. The van der Waals surface area contributed by atoms with Gasteiger partial charge in [-0.05, 0) is 42.4 Å². The SMILES string of the molecule is Clc1cccc(C(CN2CCNCC2)C2CCCC2)c1. The molecular weight excluding hydrogens is 268 g/mol. The number of nitrogens with zero attached hydrogens (tertiary/aromatic N) is 1. The molecule has 1 atom stereocenters. The summed E-state index contributed by atoms with van der Waals surface area (Å²) in [6.45, 7) is 5.83. The van der Waals surface area contributed by atoms with Crippen LogP contribution in [0.4, 0.5) is 0 Å². The number of halogens is 1. The first-order chi connectivity index (χ1) is 9.83. The predicted molar refractivity (Wildman–Crippen MR) is 85.5 cm³/mol. The molecule has 1 heterocycles. The normalized spacial score (nSPS) is 23.1. The van der Waals surface area contributed by atoms with Gasteiger partial charge >= 0.3 is 0 Å². The van der Waals surface area contributed by atoms with Crippen LogP contribution in [0.2, 0.25) is 5.02 Å². The van der Waals surface area contributed by atoms with E-state index in [1.165, 1.54) is 50.9 Å². The van der Waals surface area contributed by atoms with Crippen molar-refractivity contribution in [3.8, 4) is 0 Å². The van der Waals surface area contributed by atoms with Gasteiger partial charge in [-0.3, -0.25) is 0 Å². The summed E-state index contributed by atoms with van der Waals surface area (Å²) in [5, 5.41) is 4.32. The number of hydrogen-bond donors (Lipinski definition) is 1. The van der Waals surface area contributed by atoms with Gasteiger partial charge in [-0.15, -0.1) is 0 Å². The molecule has 2 aliphatic rings. The second kappa shape index (κ2) is 6.93. The monoisotopic (exact) mass is 292 g/mol. The van der Waals surface area contributed by atoms with Crippen LogP contribution in [0.15, 0.2) is 24.3 Å². The quantitative estimate of drug-likeness (QED) is 0.913. The van der Waals surface area contributed by atoms with Crippen LogP contribution in [-0.2, 0) is 0 Å². The van der Waals surface area contributed by atoms with Crippen molar-refractivity contribution < 1.29 is 0 Å². The summed E-state index contributed by atoms with van der Waals surface area (Å²) >= 11 is 6.21. The molecule has 110 valence electrons. The fourth-order valence-electron chi connectivity index (χ4n) is 3.80. The van der Waals surface area contributed by atoms with Crippen LogP contribution >= 0.6 is 11.6 Å².